The molecule has 1 fully saturated rings. The van der Waals surface area contributed by atoms with Crippen molar-refractivity contribution in [2.24, 2.45) is 5.73 Å². The molecule has 3 amide bonds. The van der Waals surface area contributed by atoms with Crippen molar-refractivity contribution in [3.05, 3.63) is 24.2 Å². The largest absolute Gasteiger partial charge is 0.466 e. The van der Waals surface area contributed by atoms with Crippen molar-refractivity contribution >= 4 is 11.9 Å². The summed E-state index contributed by atoms with van der Waals surface area (Å²) in [4.78, 5) is 25.2. The maximum atomic E-state index is 12.3. The first-order valence-corrected chi connectivity index (χ1v) is 5.40. The summed E-state index contributed by atoms with van der Waals surface area (Å²) in [5.74, 6) is 0.0815. The molecule has 1 aliphatic rings. The van der Waals surface area contributed by atoms with Gasteiger partial charge in [0.2, 0.25) is 0 Å². The number of urea groups is 1. The summed E-state index contributed by atoms with van der Waals surface area (Å²) in [6.07, 6.45) is 1.47. The Morgan fingerprint density at radius 1 is 1.59 bits per heavy atom. The molecule has 1 aromatic rings. The minimum Gasteiger partial charge on any atom is -0.466 e. The van der Waals surface area contributed by atoms with E-state index < -0.39 is 11.6 Å². The molecule has 3 N–H and O–H groups in total. The first-order valence-electron chi connectivity index (χ1n) is 5.40. The predicted octanol–water partition coefficient (Wildman–Crippen LogP) is 0.394. The number of nitrogens with zero attached hydrogens (tertiary/aromatic N) is 1. The highest BCUT2D eigenvalue weighted by Gasteiger charge is 2.52. The number of nitrogens with two attached hydrogens (primary N) is 1. The average Bonchev–Trinajstić information content (AvgIpc) is 2.88. The van der Waals surface area contributed by atoms with Gasteiger partial charge in [-0.25, -0.2) is 4.79 Å². The molecule has 1 aliphatic heterocycles. The molecule has 0 aliphatic carbocycles. The van der Waals surface area contributed by atoms with Gasteiger partial charge >= 0.3 is 6.03 Å². The number of nitrogens with one attached hydrogen (secondary N) is 1. The molecule has 0 aromatic carbocycles. The molecule has 2 atom stereocenters. The lowest BCUT2D eigenvalue weighted by atomic mass is 9.99. The number of carbonyl (C=O) groups is 2. The molecule has 2 rings (SSSR count). The average molecular weight is 237 g/mol. The summed E-state index contributed by atoms with van der Waals surface area (Å²) in [6.45, 7) is 3.58. The Bertz CT molecular complexity index is 443. The van der Waals surface area contributed by atoms with Gasteiger partial charge in [-0.2, -0.15) is 0 Å². The van der Waals surface area contributed by atoms with Gasteiger partial charge in [-0.05, 0) is 26.0 Å². The van der Waals surface area contributed by atoms with E-state index >= 15 is 0 Å². The minimum absolute atomic E-state index is 0.230. The lowest BCUT2D eigenvalue weighted by Gasteiger charge is -2.22. The zero-order valence-corrected chi connectivity index (χ0v) is 9.77. The summed E-state index contributed by atoms with van der Waals surface area (Å²) < 4.78 is 5.21. The van der Waals surface area contributed by atoms with Crippen molar-refractivity contribution < 1.29 is 14.0 Å². The number of imide groups is 1. The molecule has 92 valence electrons. The quantitative estimate of drug-likeness (QED) is 0.744. The van der Waals surface area contributed by atoms with Crippen LogP contribution in [0.3, 0.4) is 0 Å². The Balaban J connectivity index is 2.36. The molecule has 0 radical (unpaired) electrons. The maximum absolute atomic E-state index is 12.3. The third-order valence-corrected chi connectivity index (χ3v) is 3.02. The van der Waals surface area contributed by atoms with Gasteiger partial charge in [-0.3, -0.25) is 9.69 Å². The van der Waals surface area contributed by atoms with Crippen molar-refractivity contribution in [1.82, 2.24) is 10.2 Å². The number of amides is 3. The van der Waals surface area contributed by atoms with E-state index in [4.69, 9.17) is 10.2 Å². The molecule has 0 bridgehead atoms. The van der Waals surface area contributed by atoms with Gasteiger partial charge in [0.25, 0.3) is 5.91 Å². The Kier molecular flexibility index (Phi) is 2.66. The topological polar surface area (TPSA) is 88.6 Å². The molecular formula is C11H15N3O3. The Morgan fingerprint density at radius 3 is 2.82 bits per heavy atom. The lowest BCUT2D eigenvalue weighted by molar-refractivity contribution is -0.132. The van der Waals surface area contributed by atoms with Crippen LogP contribution in [0.25, 0.3) is 0 Å². The number of hydrogen-bond acceptors (Lipinski definition) is 4. The second-order valence-corrected chi connectivity index (χ2v) is 4.29. The first-order chi connectivity index (χ1) is 8.00. The van der Waals surface area contributed by atoms with Gasteiger partial charge in [0.05, 0.1) is 12.3 Å². The van der Waals surface area contributed by atoms with Crippen LogP contribution < -0.4 is 11.1 Å². The predicted molar refractivity (Wildman–Crippen MR) is 60.0 cm³/mol. The first kappa shape index (κ1) is 11.7. The van der Waals surface area contributed by atoms with Gasteiger partial charge in [-0.1, -0.05) is 0 Å². The van der Waals surface area contributed by atoms with E-state index in [1.165, 1.54) is 6.26 Å². The fourth-order valence-corrected chi connectivity index (χ4v) is 1.90. The number of carbonyl (C=O) groups excluding carboxylic acids is 2. The van der Waals surface area contributed by atoms with Crippen LogP contribution in [-0.4, -0.2) is 29.4 Å². The molecule has 2 heterocycles. The van der Waals surface area contributed by atoms with Gasteiger partial charge in [-0.15, -0.1) is 0 Å². The minimum atomic E-state index is -1.13. The van der Waals surface area contributed by atoms with E-state index in [-0.39, 0.29) is 18.5 Å². The van der Waals surface area contributed by atoms with Crippen LogP contribution in [0.1, 0.15) is 19.6 Å². The van der Waals surface area contributed by atoms with Crippen molar-refractivity contribution in [3.63, 3.8) is 0 Å². The van der Waals surface area contributed by atoms with Crippen LogP contribution in [0.5, 0.6) is 0 Å². The van der Waals surface area contributed by atoms with Crippen LogP contribution in [0.4, 0.5) is 4.79 Å². The molecule has 6 heteroatoms. The number of furan rings is 1. The monoisotopic (exact) mass is 237 g/mol. The SMILES string of the molecule is CC(CN)N1C(=O)NC(C)(c2ccco2)C1=O. The van der Waals surface area contributed by atoms with Crippen molar-refractivity contribution in [2.75, 3.05) is 6.54 Å². The fourth-order valence-electron chi connectivity index (χ4n) is 1.90. The number of rotatable bonds is 3. The van der Waals surface area contributed by atoms with Crippen molar-refractivity contribution in [1.29, 1.82) is 0 Å². The molecule has 2 unspecified atom stereocenters. The van der Waals surface area contributed by atoms with Gasteiger partial charge in [0.1, 0.15) is 5.76 Å². The highest BCUT2D eigenvalue weighted by atomic mass is 16.3. The molecule has 1 saturated heterocycles. The summed E-state index contributed by atoms with van der Waals surface area (Å²) in [5.41, 5.74) is 4.35. The van der Waals surface area contributed by atoms with E-state index in [1.54, 1.807) is 26.0 Å². The third kappa shape index (κ3) is 1.61. The summed E-state index contributed by atoms with van der Waals surface area (Å²) in [7, 11) is 0. The van der Waals surface area contributed by atoms with Crippen LogP contribution in [0.2, 0.25) is 0 Å². The molecule has 6 nitrogen and oxygen atoms in total. The molecule has 1 aromatic heterocycles. The Morgan fingerprint density at radius 2 is 2.29 bits per heavy atom. The molecule has 0 saturated carbocycles. The van der Waals surface area contributed by atoms with Crippen molar-refractivity contribution in [3.8, 4) is 0 Å². The van der Waals surface area contributed by atoms with Crippen LogP contribution >= 0.6 is 0 Å². The zero-order chi connectivity index (χ0) is 12.6. The highest BCUT2D eigenvalue weighted by molar-refractivity contribution is 6.07. The van der Waals surface area contributed by atoms with Gasteiger partial charge in [0, 0.05) is 6.54 Å². The third-order valence-electron chi connectivity index (χ3n) is 3.02. The lowest BCUT2D eigenvalue weighted by Crippen LogP contribution is -2.44. The van der Waals surface area contributed by atoms with E-state index in [0.29, 0.717) is 5.76 Å². The van der Waals surface area contributed by atoms with E-state index in [9.17, 15) is 9.59 Å². The van der Waals surface area contributed by atoms with Gasteiger partial charge in [0.15, 0.2) is 5.54 Å². The summed E-state index contributed by atoms with van der Waals surface area (Å²) >= 11 is 0. The summed E-state index contributed by atoms with van der Waals surface area (Å²) in [6, 6.07) is 2.57. The second kappa shape index (κ2) is 3.89. The standard InChI is InChI=1S/C11H15N3O3/c1-7(6-12)14-9(15)11(2,13-10(14)16)8-4-3-5-17-8/h3-5,7H,6,12H2,1-2H3,(H,13,16). The second-order valence-electron chi connectivity index (χ2n) is 4.29. The molecule has 17 heavy (non-hydrogen) atoms. The van der Waals surface area contributed by atoms with Gasteiger partial charge < -0.3 is 15.5 Å². The molecular weight excluding hydrogens is 222 g/mol. The number of hydrogen-bond donors (Lipinski definition) is 2. The maximum Gasteiger partial charge on any atom is 0.325 e. The Labute approximate surface area is 98.7 Å². The van der Waals surface area contributed by atoms with E-state index in [0.717, 1.165) is 4.90 Å². The van der Waals surface area contributed by atoms with E-state index in [1.807, 2.05) is 0 Å². The molecule has 0 spiro atoms. The van der Waals surface area contributed by atoms with E-state index in [2.05, 4.69) is 5.32 Å². The smallest absolute Gasteiger partial charge is 0.325 e. The normalized spacial score (nSPS) is 26.2. The summed E-state index contributed by atoms with van der Waals surface area (Å²) in [5, 5.41) is 2.64. The van der Waals surface area contributed by atoms with Crippen LogP contribution in [-0.2, 0) is 10.3 Å². The van der Waals surface area contributed by atoms with Crippen LogP contribution in [0, 0.1) is 0 Å². The zero-order valence-electron chi connectivity index (χ0n) is 9.77. The fraction of sp³-hybridized carbons (Fsp3) is 0.455. The van der Waals surface area contributed by atoms with Crippen LogP contribution in [0.15, 0.2) is 22.8 Å². The van der Waals surface area contributed by atoms with Crippen molar-refractivity contribution in [2.45, 2.75) is 25.4 Å². The Hall–Kier alpha value is -1.82. The highest BCUT2D eigenvalue weighted by Crippen LogP contribution is 2.29.